The molecule has 0 atom stereocenters. The van der Waals surface area contributed by atoms with Crippen molar-refractivity contribution in [3.8, 4) is 6.07 Å². The highest BCUT2D eigenvalue weighted by Gasteiger charge is 2.23. The van der Waals surface area contributed by atoms with Crippen LogP contribution in [0.1, 0.15) is 30.5 Å². The molecule has 0 fully saturated rings. The fourth-order valence-corrected chi connectivity index (χ4v) is 3.19. The predicted molar refractivity (Wildman–Crippen MR) is 103 cm³/mol. The van der Waals surface area contributed by atoms with Crippen molar-refractivity contribution < 1.29 is 4.79 Å². The van der Waals surface area contributed by atoms with E-state index in [9.17, 15) is 10.1 Å². The Labute approximate surface area is 154 Å². The van der Waals surface area contributed by atoms with Gasteiger partial charge in [0.2, 0.25) is 5.91 Å². The van der Waals surface area contributed by atoms with E-state index < -0.39 is 0 Å². The summed E-state index contributed by atoms with van der Waals surface area (Å²) in [5.74, 6) is 0.481. The second-order valence-electron chi connectivity index (χ2n) is 7.02. The molecule has 1 N–H and O–H groups in total. The third-order valence-electron chi connectivity index (χ3n) is 4.37. The number of carbonyl (C=O) groups is 1. The SMILES string of the molecule is CC(C)Cc1cccc(C#N)c1NC1=CC(=O)N(Cc2ccccc2)C1. The van der Waals surface area contributed by atoms with Crippen LogP contribution in [0, 0.1) is 17.2 Å². The topological polar surface area (TPSA) is 56.1 Å². The van der Waals surface area contributed by atoms with Gasteiger partial charge in [-0.2, -0.15) is 5.26 Å². The van der Waals surface area contributed by atoms with Gasteiger partial charge >= 0.3 is 0 Å². The van der Waals surface area contributed by atoms with E-state index in [4.69, 9.17) is 0 Å². The average molecular weight is 345 g/mol. The third-order valence-corrected chi connectivity index (χ3v) is 4.37. The van der Waals surface area contributed by atoms with Gasteiger partial charge in [-0.25, -0.2) is 0 Å². The van der Waals surface area contributed by atoms with Crippen LogP contribution in [0.3, 0.4) is 0 Å². The van der Waals surface area contributed by atoms with Crippen molar-refractivity contribution in [3.63, 3.8) is 0 Å². The van der Waals surface area contributed by atoms with Gasteiger partial charge in [-0.3, -0.25) is 4.79 Å². The number of para-hydroxylation sites is 1. The molecule has 0 saturated heterocycles. The van der Waals surface area contributed by atoms with E-state index in [1.807, 2.05) is 48.5 Å². The molecule has 2 aromatic carbocycles. The van der Waals surface area contributed by atoms with E-state index in [1.165, 1.54) is 0 Å². The highest BCUT2D eigenvalue weighted by Crippen LogP contribution is 2.26. The van der Waals surface area contributed by atoms with Crippen molar-refractivity contribution in [2.24, 2.45) is 5.92 Å². The van der Waals surface area contributed by atoms with Gasteiger partial charge in [0.05, 0.1) is 17.8 Å². The van der Waals surface area contributed by atoms with Crippen molar-refractivity contribution in [1.29, 1.82) is 5.26 Å². The van der Waals surface area contributed by atoms with Gasteiger partial charge in [0.1, 0.15) is 6.07 Å². The van der Waals surface area contributed by atoms with Crippen LogP contribution in [0.4, 0.5) is 5.69 Å². The van der Waals surface area contributed by atoms with Gasteiger partial charge in [0.25, 0.3) is 0 Å². The summed E-state index contributed by atoms with van der Waals surface area (Å²) in [6.45, 7) is 5.42. The van der Waals surface area contributed by atoms with Gasteiger partial charge < -0.3 is 10.2 Å². The third kappa shape index (κ3) is 4.12. The molecule has 0 saturated carbocycles. The second kappa shape index (κ2) is 7.88. The quantitative estimate of drug-likeness (QED) is 0.858. The first-order valence-electron chi connectivity index (χ1n) is 8.89. The zero-order chi connectivity index (χ0) is 18.5. The number of amides is 1. The number of hydrogen-bond acceptors (Lipinski definition) is 3. The van der Waals surface area contributed by atoms with E-state index in [2.05, 4.69) is 25.2 Å². The average Bonchev–Trinajstić information content (AvgIpc) is 2.96. The fourth-order valence-electron chi connectivity index (χ4n) is 3.19. The van der Waals surface area contributed by atoms with Crippen LogP contribution in [0.15, 0.2) is 60.3 Å². The summed E-state index contributed by atoms with van der Waals surface area (Å²) in [6, 6.07) is 18.0. The maximum Gasteiger partial charge on any atom is 0.249 e. The van der Waals surface area contributed by atoms with Crippen LogP contribution in [0.2, 0.25) is 0 Å². The molecular formula is C22H23N3O. The van der Waals surface area contributed by atoms with Gasteiger partial charge in [-0.1, -0.05) is 56.3 Å². The highest BCUT2D eigenvalue weighted by atomic mass is 16.2. The Morgan fingerprint density at radius 2 is 1.92 bits per heavy atom. The van der Waals surface area contributed by atoms with Gasteiger partial charge in [0.15, 0.2) is 0 Å². The summed E-state index contributed by atoms with van der Waals surface area (Å²) in [5, 5.41) is 12.8. The van der Waals surface area contributed by atoms with E-state index >= 15 is 0 Å². The lowest BCUT2D eigenvalue weighted by atomic mass is 9.98. The molecule has 4 nitrogen and oxygen atoms in total. The molecule has 2 aromatic rings. The summed E-state index contributed by atoms with van der Waals surface area (Å²) in [4.78, 5) is 14.1. The van der Waals surface area contributed by atoms with Crippen molar-refractivity contribution in [2.75, 3.05) is 11.9 Å². The first-order valence-corrected chi connectivity index (χ1v) is 8.89. The minimum Gasteiger partial charge on any atom is -0.356 e. The van der Waals surface area contributed by atoms with Gasteiger partial charge in [-0.15, -0.1) is 0 Å². The van der Waals surface area contributed by atoms with Crippen LogP contribution < -0.4 is 5.32 Å². The molecule has 0 unspecified atom stereocenters. The first-order chi connectivity index (χ1) is 12.6. The van der Waals surface area contributed by atoms with E-state index in [-0.39, 0.29) is 5.91 Å². The van der Waals surface area contributed by atoms with Crippen molar-refractivity contribution >= 4 is 11.6 Å². The molecule has 0 aromatic heterocycles. The second-order valence-corrected chi connectivity index (χ2v) is 7.02. The maximum atomic E-state index is 12.3. The molecule has 1 aliphatic heterocycles. The smallest absolute Gasteiger partial charge is 0.249 e. The maximum absolute atomic E-state index is 12.3. The molecular weight excluding hydrogens is 322 g/mol. The summed E-state index contributed by atoms with van der Waals surface area (Å²) in [6.07, 6.45) is 2.52. The van der Waals surface area contributed by atoms with Crippen LogP contribution in [0.5, 0.6) is 0 Å². The van der Waals surface area contributed by atoms with Crippen molar-refractivity contribution in [1.82, 2.24) is 4.90 Å². The standard InChI is InChI=1S/C22H23N3O/c1-16(2)11-18-9-6-10-19(13-23)22(18)24-20-12-21(26)25(15-20)14-17-7-4-3-5-8-17/h3-10,12,16,24H,11,14-15H2,1-2H3. The van der Waals surface area contributed by atoms with Crippen LogP contribution in [-0.2, 0) is 17.8 Å². The summed E-state index contributed by atoms with van der Waals surface area (Å²) in [5.41, 5.74) is 4.48. The molecule has 0 aliphatic carbocycles. The largest absolute Gasteiger partial charge is 0.356 e. The van der Waals surface area contributed by atoms with E-state index in [0.29, 0.717) is 24.6 Å². The molecule has 1 aliphatic rings. The predicted octanol–water partition coefficient (Wildman–Crippen LogP) is 4.09. The molecule has 26 heavy (non-hydrogen) atoms. The normalized spacial score (nSPS) is 13.7. The lowest BCUT2D eigenvalue weighted by Crippen LogP contribution is -2.26. The van der Waals surface area contributed by atoms with Crippen LogP contribution in [-0.4, -0.2) is 17.4 Å². The van der Waals surface area contributed by atoms with Crippen molar-refractivity contribution in [3.05, 3.63) is 77.0 Å². The number of rotatable bonds is 6. The Bertz CT molecular complexity index is 863. The molecule has 3 rings (SSSR count). The summed E-state index contributed by atoms with van der Waals surface area (Å²) >= 11 is 0. The Hall–Kier alpha value is -3.06. The number of nitriles is 1. The van der Waals surface area contributed by atoms with Gasteiger partial charge in [-0.05, 0) is 29.5 Å². The minimum absolute atomic E-state index is 0.00352. The Morgan fingerprint density at radius 3 is 2.62 bits per heavy atom. The summed E-state index contributed by atoms with van der Waals surface area (Å²) < 4.78 is 0. The van der Waals surface area contributed by atoms with E-state index in [1.54, 1.807) is 11.0 Å². The zero-order valence-corrected chi connectivity index (χ0v) is 15.2. The number of nitrogens with one attached hydrogen (secondary N) is 1. The van der Waals surface area contributed by atoms with Crippen LogP contribution >= 0.6 is 0 Å². The fraction of sp³-hybridized carbons (Fsp3) is 0.273. The Morgan fingerprint density at radius 1 is 1.15 bits per heavy atom. The zero-order valence-electron chi connectivity index (χ0n) is 15.2. The Kier molecular flexibility index (Phi) is 5.38. The summed E-state index contributed by atoms with van der Waals surface area (Å²) in [7, 11) is 0. The number of hydrogen-bond donors (Lipinski definition) is 1. The van der Waals surface area contributed by atoms with Gasteiger partial charge in [0, 0.05) is 18.3 Å². The number of nitrogens with zero attached hydrogens (tertiary/aromatic N) is 2. The molecule has 132 valence electrons. The van der Waals surface area contributed by atoms with E-state index in [0.717, 1.165) is 28.9 Å². The molecule has 0 spiro atoms. The first kappa shape index (κ1) is 17.8. The lowest BCUT2D eigenvalue weighted by molar-refractivity contribution is -0.125. The molecule has 1 heterocycles. The monoisotopic (exact) mass is 345 g/mol. The molecule has 4 heteroatoms. The highest BCUT2D eigenvalue weighted by molar-refractivity contribution is 5.92. The number of carbonyl (C=O) groups excluding carboxylic acids is 1. The minimum atomic E-state index is -0.00352. The number of anilines is 1. The number of benzene rings is 2. The Balaban J connectivity index is 1.77. The van der Waals surface area contributed by atoms with Crippen LogP contribution in [0.25, 0.3) is 0 Å². The molecule has 0 bridgehead atoms. The molecule has 1 amide bonds. The lowest BCUT2D eigenvalue weighted by Gasteiger charge is -2.19. The van der Waals surface area contributed by atoms with Crippen molar-refractivity contribution in [2.45, 2.75) is 26.8 Å². The molecule has 0 radical (unpaired) electrons.